The summed E-state index contributed by atoms with van der Waals surface area (Å²) in [7, 11) is 2.08. The van der Waals surface area contributed by atoms with Gasteiger partial charge in [0.2, 0.25) is 0 Å². The van der Waals surface area contributed by atoms with Crippen LogP contribution in [0.4, 0.5) is 0 Å². The molecule has 0 N–H and O–H groups in total. The minimum absolute atomic E-state index is 0.233. The Balaban J connectivity index is 2.79. The molecule has 0 saturated carbocycles. The highest BCUT2D eigenvalue weighted by molar-refractivity contribution is 5.19. The van der Waals surface area contributed by atoms with Gasteiger partial charge < -0.3 is 0 Å². The second-order valence-corrected chi connectivity index (χ2v) is 3.77. The molecular weight excluding hydrogens is 184 g/mol. The van der Waals surface area contributed by atoms with Gasteiger partial charge in [-0.05, 0) is 25.6 Å². The molecule has 1 unspecified atom stereocenters. The molecule has 0 bridgehead atoms. The fourth-order valence-electron chi connectivity index (χ4n) is 1.80. The second-order valence-electron chi connectivity index (χ2n) is 3.77. The lowest BCUT2D eigenvalue weighted by Gasteiger charge is -2.26. The monoisotopic (exact) mass is 202 g/mol. The summed E-state index contributed by atoms with van der Waals surface area (Å²) in [5.41, 5.74) is 1.23. The van der Waals surface area contributed by atoms with Crippen LogP contribution in [0.1, 0.15) is 31.4 Å². The average Bonchev–Trinajstić information content (AvgIpc) is 2.27. The number of benzene rings is 1. The van der Waals surface area contributed by atoms with Gasteiger partial charge in [-0.2, -0.15) is 5.26 Å². The van der Waals surface area contributed by atoms with E-state index < -0.39 is 0 Å². The molecule has 1 aromatic carbocycles. The van der Waals surface area contributed by atoms with E-state index in [4.69, 9.17) is 5.26 Å². The molecule has 1 atom stereocenters. The van der Waals surface area contributed by atoms with Crippen LogP contribution in [0.25, 0.3) is 0 Å². The maximum atomic E-state index is 8.84. The minimum atomic E-state index is 0.233. The minimum Gasteiger partial charge on any atom is -0.298 e. The predicted octanol–water partition coefficient (Wildman–Crippen LogP) is 2.98. The first-order valence-electron chi connectivity index (χ1n) is 5.41. The van der Waals surface area contributed by atoms with Crippen LogP contribution >= 0.6 is 0 Å². The van der Waals surface area contributed by atoms with Crippen molar-refractivity contribution in [3.63, 3.8) is 0 Å². The number of nitriles is 1. The highest BCUT2D eigenvalue weighted by Crippen LogP contribution is 2.22. The average molecular weight is 202 g/mol. The lowest BCUT2D eigenvalue weighted by molar-refractivity contribution is 0.248. The molecule has 80 valence electrons. The van der Waals surface area contributed by atoms with Crippen LogP contribution in [0, 0.1) is 11.3 Å². The maximum Gasteiger partial charge on any atom is 0.0641 e. The van der Waals surface area contributed by atoms with E-state index in [0.717, 1.165) is 13.0 Å². The standard InChI is InChI=1S/C13H18N2/c1-3-11-15(2)13(9-10-14)12-7-5-4-6-8-12/h4-8,13H,3,9,11H2,1-2H3. The van der Waals surface area contributed by atoms with E-state index in [-0.39, 0.29) is 6.04 Å². The molecule has 0 fully saturated rings. The smallest absolute Gasteiger partial charge is 0.0641 e. The maximum absolute atomic E-state index is 8.84. The lowest BCUT2D eigenvalue weighted by atomic mass is 10.0. The van der Waals surface area contributed by atoms with Gasteiger partial charge in [-0.25, -0.2) is 0 Å². The van der Waals surface area contributed by atoms with Crippen LogP contribution < -0.4 is 0 Å². The molecule has 2 nitrogen and oxygen atoms in total. The molecule has 0 aliphatic heterocycles. The zero-order chi connectivity index (χ0) is 11.1. The normalized spacial score (nSPS) is 12.4. The Bertz CT molecular complexity index is 313. The van der Waals surface area contributed by atoms with Gasteiger partial charge in [-0.1, -0.05) is 37.3 Å². The zero-order valence-electron chi connectivity index (χ0n) is 9.48. The van der Waals surface area contributed by atoms with Gasteiger partial charge in [0.05, 0.1) is 12.5 Å². The molecule has 0 aliphatic carbocycles. The van der Waals surface area contributed by atoms with Crippen molar-refractivity contribution in [3.8, 4) is 6.07 Å². The van der Waals surface area contributed by atoms with Crippen LogP contribution in [0.5, 0.6) is 0 Å². The van der Waals surface area contributed by atoms with Crippen molar-refractivity contribution in [2.24, 2.45) is 0 Å². The molecule has 0 aromatic heterocycles. The van der Waals surface area contributed by atoms with Crippen molar-refractivity contribution in [2.75, 3.05) is 13.6 Å². The third-order valence-corrected chi connectivity index (χ3v) is 2.58. The Morgan fingerprint density at radius 3 is 2.53 bits per heavy atom. The summed E-state index contributed by atoms with van der Waals surface area (Å²) in [5, 5.41) is 8.84. The molecule has 2 heteroatoms. The Kier molecular flexibility index (Phi) is 4.86. The van der Waals surface area contributed by atoms with Crippen molar-refractivity contribution in [3.05, 3.63) is 35.9 Å². The summed E-state index contributed by atoms with van der Waals surface area (Å²) >= 11 is 0. The second kappa shape index (κ2) is 6.21. The van der Waals surface area contributed by atoms with Gasteiger partial charge in [0.1, 0.15) is 0 Å². The Labute approximate surface area is 92.1 Å². The van der Waals surface area contributed by atoms with E-state index in [1.54, 1.807) is 0 Å². The summed E-state index contributed by atoms with van der Waals surface area (Å²) in [5.74, 6) is 0. The van der Waals surface area contributed by atoms with Crippen molar-refractivity contribution in [1.82, 2.24) is 4.90 Å². The van der Waals surface area contributed by atoms with E-state index in [1.165, 1.54) is 5.56 Å². The third kappa shape index (κ3) is 3.38. The fourth-order valence-corrected chi connectivity index (χ4v) is 1.80. The number of hydrogen-bond donors (Lipinski definition) is 0. The van der Waals surface area contributed by atoms with Crippen LogP contribution in [0.15, 0.2) is 30.3 Å². The molecule has 0 radical (unpaired) electrons. The van der Waals surface area contributed by atoms with Crippen LogP contribution in [-0.2, 0) is 0 Å². The summed E-state index contributed by atoms with van der Waals surface area (Å²) in [6.45, 7) is 3.19. The van der Waals surface area contributed by atoms with Gasteiger partial charge in [-0.3, -0.25) is 4.90 Å². The summed E-state index contributed by atoms with van der Waals surface area (Å²) in [4.78, 5) is 2.25. The first-order valence-corrected chi connectivity index (χ1v) is 5.41. The Morgan fingerprint density at radius 2 is 2.00 bits per heavy atom. The molecule has 1 rings (SSSR count). The van der Waals surface area contributed by atoms with Crippen LogP contribution in [0.2, 0.25) is 0 Å². The van der Waals surface area contributed by atoms with E-state index >= 15 is 0 Å². The molecule has 0 saturated heterocycles. The van der Waals surface area contributed by atoms with E-state index in [9.17, 15) is 0 Å². The SMILES string of the molecule is CCCN(C)C(CC#N)c1ccccc1. The van der Waals surface area contributed by atoms with Crippen LogP contribution in [0.3, 0.4) is 0 Å². The molecule has 0 amide bonds. The molecule has 0 aliphatic rings. The highest BCUT2D eigenvalue weighted by atomic mass is 15.1. The quantitative estimate of drug-likeness (QED) is 0.734. The molecule has 1 aromatic rings. The highest BCUT2D eigenvalue weighted by Gasteiger charge is 2.15. The lowest BCUT2D eigenvalue weighted by Crippen LogP contribution is -2.25. The molecule has 0 heterocycles. The summed E-state index contributed by atoms with van der Waals surface area (Å²) in [6, 6.07) is 12.7. The first kappa shape index (κ1) is 11.7. The molecular formula is C13H18N2. The van der Waals surface area contributed by atoms with Gasteiger partial charge in [0, 0.05) is 6.04 Å². The van der Waals surface area contributed by atoms with Crippen LogP contribution in [-0.4, -0.2) is 18.5 Å². The summed E-state index contributed by atoms with van der Waals surface area (Å²) < 4.78 is 0. The van der Waals surface area contributed by atoms with E-state index in [2.05, 4.69) is 37.1 Å². The number of nitrogens with zero attached hydrogens (tertiary/aromatic N) is 2. The van der Waals surface area contributed by atoms with Crippen molar-refractivity contribution < 1.29 is 0 Å². The Morgan fingerprint density at radius 1 is 1.33 bits per heavy atom. The fraction of sp³-hybridized carbons (Fsp3) is 0.462. The Hall–Kier alpha value is -1.33. The van der Waals surface area contributed by atoms with E-state index in [0.29, 0.717) is 6.42 Å². The van der Waals surface area contributed by atoms with E-state index in [1.807, 2.05) is 18.2 Å². The zero-order valence-corrected chi connectivity index (χ0v) is 9.48. The van der Waals surface area contributed by atoms with Crippen molar-refractivity contribution >= 4 is 0 Å². The van der Waals surface area contributed by atoms with Gasteiger partial charge in [0.15, 0.2) is 0 Å². The predicted molar refractivity (Wildman–Crippen MR) is 62.3 cm³/mol. The van der Waals surface area contributed by atoms with Gasteiger partial charge >= 0.3 is 0 Å². The topological polar surface area (TPSA) is 27.0 Å². The first-order chi connectivity index (χ1) is 7.29. The van der Waals surface area contributed by atoms with Gasteiger partial charge in [0.25, 0.3) is 0 Å². The molecule has 15 heavy (non-hydrogen) atoms. The number of rotatable bonds is 5. The van der Waals surface area contributed by atoms with Gasteiger partial charge in [-0.15, -0.1) is 0 Å². The molecule has 0 spiro atoms. The van der Waals surface area contributed by atoms with Crippen molar-refractivity contribution in [2.45, 2.75) is 25.8 Å². The van der Waals surface area contributed by atoms with Crippen molar-refractivity contribution in [1.29, 1.82) is 5.26 Å². The largest absolute Gasteiger partial charge is 0.298 e. The number of hydrogen-bond acceptors (Lipinski definition) is 2. The third-order valence-electron chi connectivity index (χ3n) is 2.58. The summed E-state index contributed by atoms with van der Waals surface area (Å²) in [6.07, 6.45) is 1.67.